The summed E-state index contributed by atoms with van der Waals surface area (Å²) in [6.45, 7) is 4.47. The van der Waals surface area contributed by atoms with Crippen LogP contribution >= 0.6 is 0 Å². The van der Waals surface area contributed by atoms with Crippen LogP contribution in [0.3, 0.4) is 0 Å². The SMILES string of the molecule is Cc1cccc(C)c1-c1c2ccccc2c(-c2cccc3c2ccc2cc4ccccc4cc23)c2ccccc12. The number of fused-ring (bicyclic) bond motifs is 6. The van der Waals surface area contributed by atoms with Crippen LogP contribution in [0.25, 0.3) is 76.1 Å². The van der Waals surface area contributed by atoms with Crippen molar-refractivity contribution in [3.8, 4) is 22.3 Å². The van der Waals surface area contributed by atoms with Gasteiger partial charge in [-0.1, -0.05) is 121 Å². The van der Waals surface area contributed by atoms with Crippen molar-refractivity contribution in [1.29, 1.82) is 0 Å². The number of hydrogen-bond acceptors (Lipinski definition) is 0. The van der Waals surface area contributed by atoms with Gasteiger partial charge in [-0.25, -0.2) is 0 Å². The molecule has 0 heteroatoms. The molecule has 0 fully saturated rings. The van der Waals surface area contributed by atoms with Gasteiger partial charge in [0.05, 0.1) is 0 Å². The Morgan fingerprint density at radius 1 is 0.300 bits per heavy atom. The zero-order valence-electron chi connectivity index (χ0n) is 22.7. The summed E-state index contributed by atoms with van der Waals surface area (Å²) in [4.78, 5) is 0. The molecule has 0 aliphatic carbocycles. The fourth-order valence-corrected chi connectivity index (χ4v) is 6.90. The zero-order valence-corrected chi connectivity index (χ0v) is 22.7. The van der Waals surface area contributed by atoms with Gasteiger partial charge in [0.1, 0.15) is 0 Å². The monoisotopic (exact) mass is 508 g/mol. The van der Waals surface area contributed by atoms with Crippen LogP contribution in [0.5, 0.6) is 0 Å². The molecule has 0 nitrogen and oxygen atoms in total. The quantitative estimate of drug-likeness (QED) is 0.161. The molecule has 8 rings (SSSR count). The van der Waals surface area contributed by atoms with Gasteiger partial charge in [0.25, 0.3) is 0 Å². The Labute approximate surface area is 234 Å². The van der Waals surface area contributed by atoms with Gasteiger partial charge in [0.2, 0.25) is 0 Å². The van der Waals surface area contributed by atoms with Crippen LogP contribution in [-0.4, -0.2) is 0 Å². The van der Waals surface area contributed by atoms with E-state index in [1.807, 2.05) is 0 Å². The van der Waals surface area contributed by atoms with E-state index < -0.39 is 0 Å². The highest BCUT2D eigenvalue weighted by Gasteiger charge is 2.19. The maximum absolute atomic E-state index is 2.36. The van der Waals surface area contributed by atoms with Crippen molar-refractivity contribution < 1.29 is 0 Å². The second-order valence-electron chi connectivity index (χ2n) is 11.0. The maximum atomic E-state index is 2.36. The van der Waals surface area contributed by atoms with E-state index in [4.69, 9.17) is 0 Å². The highest BCUT2D eigenvalue weighted by molar-refractivity contribution is 6.25. The number of aryl methyl sites for hydroxylation is 2. The Hall–Kier alpha value is -4.94. The zero-order chi connectivity index (χ0) is 26.8. The minimum atomic E-state index is 1.28. The first-order valence-corrected chi connectivity index (χ1v) is 14.0. The molecule has 8 aromatic carbocycles. The highest BCUT2D eigenvalue weighted by Crippen LogP contribution is 2.47. The molecule has 8 aromatic rings. The van der Waals surface area contributed by atoms with Gasteiger partial charge in [0, 0.05) is 0 Å². The average molecular weight is 509 g/mol. The minimum Gasteiger partial charge on any atom is -0.0617 e. The Morgan fingerprint density at radius 2 is 0.825 bits per heavy atom. The smallest absolute Gasteiger partial charge is 0.00201 e. The topological polar surface area (TPSA) is 0 Å². The van der Waals surface area contributed by atoms with Gasteiger partial charge in [0.15, 0.2) is 0 Å². The molecule has 0 aliphatic heterocycles. The van der Waals surface area contributed by atoms with Crippen LogP contribution in [0, 0.1) is 13.8 Å². The van der Waals surface area contributed by atoms with Crippen molar-refractivity contribution in [3.63, 3.8) is 0 Å². The first-order valence-electron chi connectivity index (χ1n) is 14.0. The lowest BCUT2D eigenvalue weighted by atomic mass is 9.82. The van der Waals surface area contributed by atoms with Crippen LogP contribution in [0.1, 0.15) is 11.1 Å². The van der Waals surface area contributed by atoms with E-state index in [-0.39, 0.29) is 0 Å². The van der Waals surface area contributed by atoms with Crippen molar-refractivity contribution in [2.24, 2.45) is 0 Å². The molecule has 0 heterocycles. The fraction of sp³-hybridized carbons (Fsp3) is 0.0500. The van der Waals surface area contributed by atoms with Crippen LogP contribution in [0.4, 0.5) is 0 Å². The standard InChI is InChI=1S/C40H28/c1-25-11-9-12-26(2)38(25)40-35-17-7-5-15-33(35)39(34-16-6-8-18-36(34)40)32-20-10-19-30-31(32)22-21-29-23-27-13-3-4-14-28(27)24-37(29)30/h3-24H,1-2H3. The molecule has 0 aliphatic rings. The Balaban J connectivity index is 1.53. The van der Waals surface area contributed by atoms with Crippen molar-refractivity contribution in [1.82, 2.24) is 0 Å². The van der Waals surface area contributed by atoms with Crippen LogP contribution in [0.15, 0.2) is 133 Å². The van der Waals surface area contributed by atoms with Gasteiger partial charge in [-0.15, -0.1) is 0 Å². The summed E-state index contributed by atoms with van der Waals surface area (Å²) in [6, 6.07) is 49.4. The van der Waals surface area contributed by atoms with E-state index in [9.17, 15) is 0 Å². The molecule has 0 aromatic heterocycles. The van der Waals surface area contributed by atoms with Crippen LogP contribution in [0.2, 0.25) is 0 Å². The van der Waals surface area contributed by atoms with E-state index in [0.717, 1.165) is 0 Å². The molecule has 0 unspecified atom stereocenters. The first-order chi connectivity index (χ1) is 19.7. The molecule has 0 saturated heterocycles. The molecular weight excluding hydrogens is 480 g/mol. The van der Waals surface area contributed by atoms with Crippen molar-refractivity contribution in [3.05, 3.63) is 145 Å². The largest absolute Gasteiger partial charge is 0.0617 e. The first kappa shape index (κ1) is 23.0. The second kappa shape index (κ2) is 8.79. The second-order valence-corrected chi connectivity index (χ2v) is 11.0. The van der Waals surface area contributed by atoms with Gasteiger partial charge in [-0.3, -0.25) is 0 Å². The summed E-state index contributed by atoms with van der Waals surface area (Å²) in [5.74, 6) is 0. The van der Waals surface area contributed by atoms with E-state index in [2.05, 4.69) is 147 Å². The lowest BCUT2D eigenvalue weighted by molar-refractivity contribution is 1.39. The summed E-state index contributed by atoms with van der Waals surface area (Å²) < 4.78 is 0. The molecule has 188 valence electrons. The summed E-state index contributed by atoms with van der Waals surface area (Å²) in [6.07, 6.45) is 0. The summed E-state index contributed by atoms with van der Waals surface area (Å²) in [7, 11) is 0. The van der Waals surface area contributed by atoms with Gasteiger partial charge < -0.3 is 0 Å². The summed E-state index contributed by atoms with van der Waals surface area (Å²) in [5, 5.41) is 12.9. The molecule has 0 spiro atoms. The molecule has 0 amide bonds. The van der Waals surface area contributed by atoms with Crippen LogP contribution < -0.4 is 0 Å². The van der Waals surface area contributed by atoms with E-state index in [1.54, 1.807) is 0 Å². The summed E-state index contributed by atoms with van der Waals surface area (Å²) >= 11 is 0. The van der Waals surface area contributed by atoms with Crippen molar-refractivity contribution >= 4 is 53.9 Å². The van der Waals surface area contributed by atoms with E-state index in [0.29, 0.717) is 0 Å². The van der Waals surface area contributed by atoms with Gasteiger partial charge in [-0.05, 0) is 113 Å². The summed E-state index contributed by atoms with van der Waals surface area (Å²) in [5.41, 5.74) is 7.90. The normalized spacial score (nSPS) is 11.8. The van der Waals surface area contributed by atoms with Gasteiger partial charge in [-0.2, -0.15) is 0 Å². The molecule has 0 bridgehead atoms. The highest BCUT2D eigenvalue weighted by atomic mass is 14.2. The molecule has 0 radical (unpaired) electrons. The fourth-order valence-electron chi connectivity index (χ4n) is 6.90. The maximum Gasteiger partial charge on any atom is -0.00201 e. The lowest BCUT2D eigenvalue weighted by Gasteiger charge is -2.21. The van der Waals surface area contributed by atoms with E-state index >= 15 is 0 Å². The Morgan fingerprint density at radius 3 is 1.48 bits per heavy atom. The third-order valence-corrected chi connectivity index (χ3v) is 8.68. The van der Waals surface area contributed by atoms with Crippen molar-refractivity contribution in [2.75, 3.05) is 0 Å². The molecule has 0 atom stereocenters. The Bertz CT molecular complexity index is 2210. The number of rotatable bonds is 2. The van der Waals surface area contributed by atoms with E-state index in [1.165, 1.54) is 87.2 Å². The number of benzene rings is 8. The van der Waals surface area contributed by atoms with Crippen molar-refractivity contribution in [2.45, 2.75) is 13.8 Å². The third-order valence-electron chi connectivity index (χ3n) is 8.68. The van der Waals surface area contributed by atoms with Crippen LogP contribution in [-0.2, 0) is 0 Å². The third kappa shape index (κ3) is 3.33. The predicted octanol–water partition coefficient (Wildman–Crippen LogP) is 11.4. The average Bonchev–Trinajstić information content (AvgIpc) is 2.99. The molecule has 0 N–H and O–H groups in total. The lowest BCUT2D eigenvalue weighted by Crippen LogP contribution is -1.94. The molecule has 0 saturated carbocycles. The minimum absolute atomic E-state index is 1.28. The Kier molecular flexibility index (Phi) is 5.06. The molecule has 40 heavy (non-hydrogen) atoms. The predicted molar refractivity (Wildman–Crippen MR) is 174 cm³/mol. The van der Waals surface area contributed by atoms with Gasteiger partial charge >= 0.3 is 0 Å². The molecular formula is C40H28. The number of hydrogen-bond donors (Lipinski definition) is 0.